The topological polar surface area (TPSA) is 83.4 Å². The van der Waals surface area contributed by atoms with E-state index in [4.69, 9.17) is 4.74 Å². The van der Waals surface area contributed by atoms with Crippen LogP contribution in [0.5, 0.6) is 5.75 Å². The lowest BCUT2D eigenvalue weighted by molar-refractivity contribution is -0.120. The van der Waals surface area contributed by atoms with E-state index in [-0.39, 0.29) is 11.6 Å². The van der Waals surface area contributed by atoms with Gasteiger partial charge in [0.25, 0.3) is 6.47 Å². The number of nitrogens with one attached hydrogen (secondary N) is 1. The Bertz CT molecular complexity index is 1250. The maximum Gasteiger partial charge on any atom is 0.301 e. The lowest BCUT2D eigenvalue weighted by Crippen LogP contribution is -2.28. The number of hydrogen-bond acceptors (Lipinski definition) is 6. The summed E-state index contributed by atoms with van der Waals surface area (Å²) in [5.74, 6) is -0.0144. The first-order valence-electron chi connectivity index (χ1n) is 10.1. The van der Waals surface area contributed by atoms with Crippen molar-refractivity contribution in [3.8, 4) is 16.9 Å². The fourth-order valence-electron chi connectivity index (χ4n) is 3.42. The summed E-state index contributed by atoms with van der Waals surface area (Å²) in [6.45, 7) is 6.09. The first kappa shape index (κ1) is 21.0. The molecule has 0 aromatic heterocycles. The minimum absolute atomic E-state index is 0.186. The van der Waals surface area contributed by atoms with Crippen molar-refractivity contribution in [3.63, 3.8) is 0 Å². The molecule has 0 spiro atoms. The fourth-order valence-corrected chi connectivity index (χ4v) is 3.42. The van der Waals surface area contributed by atoms with Crippen molar-refractivity contribution in [1.29, 1.82) is 0 Å². The van der Waals surface area contributed by atoms with E-state index in [0.29, 0.717) is 29.3 Å². The molecule has 4 rings (SSSR count). The van der Waals surface area contributed by atoms with Gasteiger partial charge in [-0.1, -0.05) is 48.5 Å². The summed E-state index contributed by atoms with van der Waals surface area (Å²) in [4.78, 5) is 24.1. The highest BCUT2D eigenvalue weighted by Gasteiger charge is 2.31. The molecular formula is C25H22N4O3. The fraction of sp³-hybridized carbons (Fsp3) is 0.120. The Morgan fingerprint density at radius 1 is 0.969 bits per heavy atom. The maximum absolute atomic E-state index is 13.0. The lowest BCUT2D eigenvalue weighted by atomic mass is 10.0. The number of para-hydroxylation sites is 1. The Balaban J connectivity index is 1.64. The molecule has 3 aromatic rings. The third-order valence-corrected chi connectivity index (χ3v) is 5.28. The molecule has 0 atom stereocenters. The van der Waals surface area contributed by atoms with Gasteiger partial charge >= 0.3 is 5.91 Å². The first-order valence-corrected chi connectivity index (χ1v) is 10.1. The molecule has 1 N–H and O–H groups in total. The monoisotopic (exact) mass is 426 g/mol. The summed E-state index contributed by atoms with van der Waals surface area (Å²) >= 11 is 0. The minimum atomic E-state index is -0.338. The smallest absolute Gasteiger partial charge is 0.301 e. The van der Waals surface area contributed by atoms with Gasteiger partial charge in [0.2, 0.25) is 0 Å². The number of benzene rings is 3. The molecule has 0 aliphatic carbocycles. The molecule has 7 nitrogen and oxygen atoms in total. The van der Waals surface area contributed by atoms with Crippen molar-refractivity contribution in [2.45, 2.75) is 20.8 Å². The Hall–Kier alpha value is -4.26. The Morgan fingerprint density at radius 3 is 2.47 bits per heavy atom. The molecule has 160 valence electrons. The molecule has 1 amide bonds. The van der Waals surface area contributed by atoms with Crippen LogP contribution in [-0.4, -0.2) is 23.8 Å². The van der Waals surface area contributed by atoms with Crippen molar-refractivity contribution in [2.24, 2.45) is 10.2 Å². The van der Waals surface area contributed by atoms with E-state index in [2.05, 4.69) is 15.6 Å². The van der Waals surface area contributed by atoms with Crippen LogP contribution in [0.2, 0.25) is 0 Å². The average Bonchev–Trinajstić information content (AvgIpc) is 3.09. The van der Waals surface area contributed by atoms with E-state index < -0.39 is 0 Å². The molecule has 0 unspecified atom stereocenters. The maximum atomic E-state index is 13.0. The van der Waals surface area contributed by atoms with Crippen molar-refractivity contribution >= 4 is 35.2 Å². The number of rotatable bonds is 6. The number of hydrogen-bond donors (Lipinski definition) is 1. The highest BCUT2D eigenvalue weighted by Crippen LogP contribution is 2.36. The highest BCUT2D eigenvalue weighted by molar-refractivity contribution is 6.71. The molecule has 1 heterocycles. The zero-order chi connectivity index (χ0) is 22.7. The number of carbonyl (C=O) groups excluding carboxylic acids is 2. The standard InChI is InChI=1S/C25H22N4O3/c1-16-12-13-20(14-17(16)2)29-25(31)23(18(3)28-29)27-26-22-11-7-10-21(24(22)32-15-30)19-8-5-4-6-9-19/h4-15,26H,1-3H3/b27-23-. The van der Waals surface area contributed by atoms with Gasteiger partial charge in [-0.2, -0.15) is 15.2 Å². The minimum Gasteiger partial charge on any atom is -0.426 e. The van der Waals surface area contributed by atoms with Crippen LogP contribution >= 0.6 is 0 Å². The summed E-state index contributed by atoms with van der Waals surface area (Å²) < 4.78 is 5.27. The third kappa shape index (κ3) is 4.00. The molecular weight excluding hydrogens is 404 g/mol. The van der Waals surface area contributed by atoms with E-state index in [1.54, 1.807) is 13.0 Å². The van der Waals surface area contributed by atoms with Gasteiger partial charge in [-0.15, -0.1) is 0 Å². The van der Waals surface area contributed by atoms with Crippen LogP contribution in [0.25, 0.3) is 11.1 Å². The predicted molar refractivity (Wildman–Crippen MR) is 126 cm³/mol. The molecule has 3 aromatic carbocycles. The van der Waals surface area contributed by atoms with Gasteiger partial charge in [-0.3, -0.25) is 15.0 Å². The number of nitrogens with zero attached hydrogens (tertiary/aromatic N) is 3. The van der Waals surface area contributed by atoms with E-state index in [1.165, 1.54) is 5.01 Å². The number of anilines is 2. The van der Waals surface area contributed by atoms with Gasteiger partial charge in [0.15, 0.2) is 11.5 Å². The summed E-state index contributed by atoms with van der Waals surface area (Å²) in [6.07, 6.45) is 0. The number of hydrazone groups is 2. The SMILES string of the molecule is CC1=NN(c2ccc(C)c(C)c2)C(=O)/C1=N\Nc1cccc(-c2ccccc2)c1OC=O. The second-order valence-electron chi connectivity index (χ2n) is 7.41. The molecule has 0 fully saturated rings. The average molecular weight is 426 g/mol. The molecule has 0 bridgehead atoms. The molecule has 32 heavy (non-hydrogen) atoms. The van der Waals surface area contributed by atoms with Crippen LogP contribution < -0.4 is 15.2 Å². The van der Waals surface area contributed by atoms with Crippen molar-refractivity contribution < 1.29 is 14.3 Å². The molecule has 0 saturated carbocycles. The molecule has 0 saturated heterocycles. The van der Waals surface area contributed by atoms with Gasteiger partial charge in [0.05, 0.1) is 17.1 Å². The number of ether oxygens (including phenoxy) is 1. The lowest BCUT2D eigenvalue weighted by Gasteiger charge is -2.14. The van der Waals surface area contributed by atoms with Crippen LogP contribution in [0.1, 0.15) is 18.1 Å². The first-order chi connectivity index (χ1) is 15.5. The molecule has 0 radical (unpaired) electrons. The zero-order valence-electron chi connectivity index (χ0n) is 18.0. The predicted octanol–water partition coefficient (Wildman–Crippen LogP) is 4.70. The van der Waals surface area contributed by atoms with E-state index in [1.807, 2.05) is 74.5 Å². The van der Waals surface area contributed by atoms with Crippen LogP contribution in [0.15, 0.2) is 76.9 Å². The number of carbonyl (C=O) groups is 2. The summed E-state index contributed by atoms with van der Waals surface area (Å²) in [7, 11) is 0. The van der Waals surface area contributed by atoms with E-state index in [9.17, 15) is 9.59 Å². The van der Waals surface area contributed by atoms with Crippen molar-refractivity contribution in [1.82, 2.24) is 0 Å². The normalized spacial score (nSPS) is 14.5. The zero-order valence-corrected chi connectivity index (χ0v) is 18.0. The van der Waals surface area contributed by atoms with Gasteiger partial charge in [0.1, 0.15) is 0 Å². The van der Waals surface area contributed by atoms with Gasteiger partial charge in [-0.05, 0) is 55.7 Å². The van der Waals surface area contributed by atoms with Crippen LogP contribution in [0.3, 0.4) is 0 Å². The van der Waals surface area contributed by atoms with Crippen LogP contribution in [-0.2, 0) is 9.59 Å². The number of aryl methyl sites for hydroxylation is 2. The Kier molecular flexibility index (Phi) is 5.81. The largest absolute Gasteiger partial charge is 0.426 e. The second-order valence-corrected chi connectivity index (χ2v) is 7.41. The molecule has 7 heteroatoms. The van der Waals surface area contributed by atoms with E-state index in [0.717, 1.165) is 22.3 Å². The van der Waals surface area contributed by atoms with Gasteiger partial charge in [0, 0.05) is 5.56 Å². The van der Waals surface area contributed by atoms with E-state index >= 15 is 0 Å². The number of amides is 1. The van der Waals surface area contributed by atoms with Crippen LogP contribution in [0, 0.1) is 13.8 Å². The van der Waals surface area contributed by atoms with Crippen LogP contribution in [0.4, 0.5) is 11.4 Å². The van der Waals surface area contributed by atoms with Crippen molar-refractivity contribution in [2.75, 3.05) is 10.4 Å². The second kappa shape index (κ2) is 8.85. The molecule has 1 aliphatic heterocycles. The summed E-state index contributed by atoms with van der Waals surface area (Å²) in [5.41, 5.74) is 8.50. The highest BCUT2D eigenvalue weighted by atomic mass is 16.5. The van der Waals surface area contributed by atoms with Gasteiger partial charge < -0.3 is 4.74 Å². The van der Waals surface area contributed by atoms with Gasteiger partial charge in [-0.25, -0.2) is 0 Å². The quantitative estimate of drug-likeness (QED) is 0.458. The third-order valence-electron chi connectivity index (χ3n) is 5.28. The summed E-state index contributed by atoms with van der Waals surface area (Å²) in [5, 5.41) is 10.0. The summed E-state index contributed by atoms with van der Waals surface area (Å²) in [6, 6.07) is 20.7. The van der Waals surface area contributed by atoms with Crippen molar-refractivity contribution in [3.05, 3.63) is 77.9 Å². The molecule has 1 aliphatic rings. The Labute approximate surface area is 186 Å². The Morgan fingerprint density at radius 2 is 1.75 bits per heavy atom.